The van der Waals surface area contributed by atoms with E-state index >= 15 is 0 Å². The molecule has 0 heterocycles. The molecule has 1 aromatic rings. The SMILES string of the molecule is CCOC(=O)CCN(C(=O)c1ccc(OC)c(OC)c1)C1CCCCC1C. The summed E-state index contributed by atoms with van der Waals surface area (Å²) in [4.78, 5) is 27.0. The van der Waals surface area contributed by atoms with Crippen molar-refractivity contribution in [3.05, 3.63) is 23.8 Å². The Labute approximate surface area is 161 Å². The predicted molar refractivity (Wildman–Crippen MR) is 103 cm³/mol. The third kappa shape index (κ3) is 5.37. The number of esters is 1. The van der Waals surface area contributed by atoms with E-state index in [2.05, 4.69) is 6.92 Å². The van der Waals surface area contributed by atoms with Crippen molar-refractivity contribution in [1.82, 2.24) is 4.90 Å². The van der Waals surface area contributed by atoms with Crippen LogP contribution in [-0.4, -0.2) is 50.2 Å². The molecular weight excluding hydrogens is 346 g/mol. The molecule has 0 aromatic heterocycles. The van der Waals surface area contributed by atoms with Crippen LogP contribution in [-0.2, 0) is 9.53 Å². The Morgan fingerprint density at radius 1 is 1.11 bits per heavy atom. The van der Waals surface area contributed by atoms with E-state index in [0.717, 1.165) is 19.3 Å². The summed E-state index contributed by atoms with van der Waals surface area (Å²) in [5, 5.41) is 0. The lowest BCUT2D eigenvalue weighted by Gasteiger charge is -2.38. The summed E-state index contributed by atoms with van der Waals surface area (Å²) in [6, 6.07) is 5.31. The average molecular weight is 377 g/mol. The molecule has 1 fully saturated rings. The van der Waals surface area contributed by atoms with Gasteiger partial charge in [0, 0.05) is 18.2 Å². The minimum Gasteiger partial charge on any atom is -0.493 e. The first-order valence-corrected chi connectivity index (χ1v) is 9.70. The fourth-order valence-corrected chi connectivity index (χ4v) is 3.76. The maximum atomic E-state index is 13.3. The Morgan fingerprint density at radius 3 is 2.44 bits per heavy atom. The van der Waals surface area contributed by atoms with Crippen molar-refractivity contribution in [1.29, 1.82) is 0 Å². The number of hydrogen-bond acceptors (Lipinski definition) is 5. The van der Waals surface area contributed by atoms with Crippen LogP contribution in [0.1, 0.15) is 56.3 Å². The van der Waals surface area contributed by atoms with Gasteiger partial charge in [-0.05, 0) is 43.9 Å². The van der Waals surface area contributed by atoms with E-state index in [9.17, 15) is 9.59 Å². The molecule has 6 heteroatoms. The number of carbonyl (C=O) groups is 2. The van der Waals surface area contributed by atoms with Crippen molar-refractivity contribution >= 4 is 11.9 Å². The second-order valence-corrected chi connectivity index (χ2v) is 6.95. The van der Waals surface area contributed by atoms with E-state index in [4.69, 9.17) is 14.2 Å². The maximum Gasteiger partial charge on any atom is 0.307 e. The molecule has 1 aromatic carbocycles. The van der Waals surface area contributed by atoms with Crippen molar-refractivity contribution in [2.75, 3.05) is 27.4 Å². The van der Waals surface area contributed by atoms with Gasteiger partial charge >= 0.3 is 5.97 Å². The number of nitrogens with zero attached hydrogens (tertiary/aromatic N) is 1. The first-order valence-electron chi connectivity index (χ1n) is 9.70. The number of ether oxygens (including phenoxy) is 3. The molecule has 0 aliphatic heterocycles. The highest BCUT2D eigenvalue weighted by molar-refractivity contribution is 5.95. The van der Waals surface area contributed by atoms with Crippen LogP contribution < -0.4 is 9.47 Å². The minimum atomic E-state index is -0.272. The summed E-state index contributed by atoms with van der Waals surface area (Å²) < 4.78 is 15.6. The summed E-state index contributed by atoms with van der Waals surface area (Å²) in [7, 11) is 3.11. The lowest BCUT2D eigenvalue weighted by atomic mass is 9.84. The van der Waals surface area contributed by atoms with E-state index in [1.807, 2.05) is 4.90 Å². The Hall–Kier alpha value is -2.24. The van der Waals surface area contributed by atoms with Crippen LogP contribution in [0, 0.1) is 5.92 Å². The number of benzene rings is 1. The van der Waals surface area contributed by atoms with Gasteiger partial charge in [0.05, 0.1) is 27.2 Å². The lowest BCUT2D eigenvalue weighted by molar-refractivity contribution is -0.143. The molecule has 150 valence electrons. The number of amides is 1. The number of methoxy groups -OCH3 is 2. The molecule has 1 saturated carbocycles. The summed E-state index contributed by atoms with van der Waals surface area (Å²) >= 11 is 0. The molecule has 1 aliphatic rings. The van der Waals surface area contributed by atoms with Gasteiger partial charge in [-0.15, -0.1) is 0 Å². The highest BCUT2D eigenvalue weighted by Crippen LogP contribution is 2.32. The predicted octanol–water partition coefficient (Wildman–Crippen LogP) is 3.68. The normalized spacial score (nSPS) is 19.3. The van der Waals surface area contributed by atoms with E-state index in [1.165, 1.54) is 6.42 Å². The van der Waals surface area contributed by atoms with Gasteiger partial charge in [0.1, 0.15) is 0 Å². The Kier molecular flexibility index (Phi) is 7.95. The van der Waals surface area contributed by atoms with Crippen LogP contribution in [0.3, 0.4) is 0 Å². The quantitative estimate of drug-likeness (QED) is 0.647. The molecule has 0 N–H and O–H groups in total. The third-order valence-electron chi connectivity index (χ3n) is 5.22. The molecule has 0 bridgehead atoms. The molecule has 2 atom stereocenters. The monoisotopic (exact) mass is 377 g/mol. The fourth-order valence-electron chi connectivity index (χ4n) is 3.76. The van der Waals surface area contributed by atoms with Crippen molar-refractivity contribution < 1.29 is 23.8 Å². The second-order valence-electron chi connectivity index (χ2n) is 6.95. The van der Waals surface area contributed by atoms with Gasteiger partial charge in [-0.1, -0.05) is 19.8 Å². The van der Waals surface area contributed by atoms with Gasteiger partial charge in [-0.2, -0.15) is 0 Å². The molecular formula is C21H31NO5. The molecule has 0 saturated heterocycles. The lowest BCUT2D eigenvalue weighted by Crippen LogP contribution is -2.46. The molecule has 1 aliphatic carbocycles. The van der Waals surface area contributed by atoms with Crippen molar-refractivity contribution in [2.45, 2.75) is 52.0 Å². The Morgan fingerprint density at radius 2 is 1.81 bits per heavy atom. The topological polar surface area (TPSA) is 65.1 Å². The Bertz CT molecular complexity index is 645. The molecule has 0 radical (unpaired) electrons. The molecule has 27 heavy (non-hydrogen) atoms. The van der Waals surface area contributed by atoms with Crippen LogP contribution in [0.15, 0.2) is 18.2 Å². The summed E-state index contributed by atoms with van der Waals surface area (Å²) in [5.74, 6) is 1.15. The van der Waals surface area contributed by atoms with Gasteiger partial charge in [0.15, 0.2) is 11.5 Å². The largest absolute Gasteiger partial charge is 0.493 e. The molecule has 2 rings (SSSR count). The van der Waals surface area contributed by atoms with Crippen LogP contribution in [0.4, 0.5) is 0 Å². The van der Waals surface area contributed by atoms with Crippen molar-refractivity contribution in [3.8, 4) is 11.5 Å². The standard InChI is InChI=1S/C21H31NO5/c1-5-27-20(23)12-13-22(17-9-7-6-8-15(17)2)21(24)16-10-11-18(25-3)19(14-16)26-4/h10-11,14-15,17H,5-9,12-13H2,1-4H3. The van der Waals surface area contributed by atoms with E-state index < -0.39 is 0 Å². The first kappa shape index (κ1) is 21.1. The molecule has 2 unspecified atom stereocenters. The van der Waals surface area contributed by atoms with Crippen LogP contribution in [0.25, 0.3) is 0 Å². The van der Waals surface area contributed by atoms with Crippen LogP contribution in [0.2, 0.25) is 0 Å². The van der Waals surface area contributed by atoms with Crippen LogP contribution >= 0.6 is 0 Å². The number of carbonyl (C=O) groups excluding carboxylic acids is 2. The zero-order chi connectivity index (χ0) is 19.8. The first-order chi connectivity index (χ1) is 13.0. The maximum absolute atomic E-state index is 13.3. The van der Waals surface area contributed by atoms with E-state index in [0.29, 0.717) is 36.1 Å². The van der Waals surface area contributed by atoms with E-state index in [1.54, 1.807) is 39.3 Å². The number of hydrogen-bond donors (Lipinski definition) is 0. The summed E-state index contributed by atoms with van der Waals surface area (Å²) in [5.41, 5.74) is 0.536. The average Bonchev–Trinajstić information content (AvgIpc) is 2.68. The van der Waals surface area contributed by atoms with Gasteiger partial charge in [-0.3, -0.25) is 9.59 Å². The second kappa shape index (κ2) is 10.2. The minimum absolute atomic E-state index is 0.0843. The summed E-state index contributed by atoms with van der Waals surface area (Å²) in [6.07, 6.45) is 4.55. The molecule has 1 amide bonds. The van der Waals surface area contributed by atoms with Gasteiger partial charge in [-0.25, -0.2) is 0 Å². The van der Waals surface area contributed by atoms with Gasteiger partial charge < -0.3 is 19.1 Å². The van der Waals surface area contributed by atoms with Gasteiger partial charge in [0.25, 0.3) is 5.91 Å². The highest BCUT2D eigenvalue weighted by atomic mass is 16.5. The van der Waals surface area contributed by atoms with Crippen molar-refractivity contribution in [2.24, 2.45) is 5.92 Å². The smallest absolute Gasteiger partial charge is 0.307 e. The highest BCUT2D eigenvalue weighted by Gasteiger charge is 2.31. The fraction of sp³-hybridized carbons (Fsp3) is 0.619. The van der Waals surface area contributed by atoms with E-state index in [-0.39, 0.29) is 24.3 Å². The van der Waals surface area contributed by atoms with Crippen molar-refractivity contribution in [3.63, 3.8) is 0 Å². The Balaban J connectivity index is 2.25. The molecule has 0 spiro atoms. The summed E-state index contributed by atoms with van der Waals surface area (Å²) in [6.45, 7) is 4.68. The van der Waals surface area contributed by atoms with Crippen LogP contribution in [0.5, 0.6) is 11.5 Å². The molecule has 6 nitrogen and oxygen atoms in total. The zero-order valence-corrected chi connectivity index (χ0v) is 16.8. The zero-order valence-electron chi connectivity index (χ0n) is 16.8. The van der Waals surface area contributed by atoms with Gasteiger partial charge in [0.2, 0.25) is 0 Å². The number of rotatable bonds is 8. The third-order valence-corrected chi connectivity index (χ3v) is 5.22.